The van der Waals surface area contributed by atoms with Gasteiger partial charge >= 0.3 is 6.18 Å². The maximum Gasteiger partial charge on any atom is 0.416 e. The van der Waals surface area contributed by atoms with E-state index in [0.717, 1.165) is 29.1 Å². The van der Waals surface area contributed by atoms with Gasteiger partial charge in [-0.25, -0.2) is 0 Å². The molecular formula is C25H24F3N3O2S. The number of anilines is 1. The highest BCUT2D eigenvalue weighted by molar-refractivity contribution is 7.12. The van der Waals surface area contributed by atoms with E-state index in [4.69, 9.17) is 4.84 Å². The second kappa shape index (κ2) is 9.89. The maximum atomic E-state index is 13.1. The van der Waals surface area contributed by atoms with Crippen LogP contribution < -0.4 is 4.90 Å². The smallest absolute Gasteiger partial charge is 0.390 e. The van der Waals surface area contributed by atoms with Crippen molar-refractivity contribution in [2.24, 2.45) is 5.16 Å². The summed E-state index contributed by atoms with van der Waals surface area (Å²) in [6.07, 6.45) is -4.22. The van der Waals surface area contributed by atoms with Gasteiger partial charge in [0.25, 0.3) is 5.91 Å². The Morgan fingerprint density at radius 3 is 2.38 bits per heavy atom. The molecular weight excluding hydrogens is 463 g/mol. The zero-order valence-electron chi connectivity index (χ0n) is 18.7. The molecule has 2 heterocycles. The SMILES string of the molecule is CN(C)c1ccc(C2=NO[C@@H](CN(Cc3ccc(C(F)(F)F)cc3)C(=O)c3cccs3)C2)cc1. The number of alkyl halides is 3. The van der Waals surface area contributed by atoms with Crippen LogP contribution in [0.5, 0.6) is 0 Å². The molecule has 0 bridgehead atoms. The molecule has 1 amide bonds. The summed E-state index contributed by atoms with van der Waals surface area (Å²) in [7, 11) is 3.94. The number of carbonyl (C=O) groups excluding carboxylic acids is 1. The number of halogens is 3. The molecule has 5 nitrogen and oxygen atoms in total. The molecule has 3 aromatic rings. The average molecular weight is 488 g/mol. The average Bonchev–Trinajstić information content (AvgIpc) is 3.51. The maximum absolute atomic E-state index is 13.1. The number of carbonyl (C=O) groups is 1. The molecule has 9 heteroatoms. The Labute approximate surface area is 200 Å². The van der Waals surface area contributed by atoms with E-state index in [0.29, 0.717) is 16.9 Å². The summed E-state index contributed by atoms with van der Waals surface area (Å²) < 4.78 is 38.7. The molecule has 1 aliphatic rings. The van der Waals surface area contributed by atoms with Crippen molar-refractivity contribution in [1.29, 1.82) is 0 Å². The Morgan fingerprint density at radius 1 is 1.09 bits per heavy atom. The van der Waals surface area contributed by atoms with Crippen molar-refractivity contribution >= 4 is 28.6 Å². The van der Waals surface area contributed by atoms with E-state index in [1.165, 1.54) is 23.5 Å². The molecule has 2 aromatic carbocycles. The van der Waals surface area contributed by atoms with Crippen molar-refractivity contribution in [3.63, 3.8) is 0 Å². The molecule has 1 aromatic heterocycles. The number of hydrogen-bond acceptors (Lipinski definition) is 5. The number of nitrogens with zero attached hydrogens (tertiary/aromatic N) is 3. The summed E-state index contributed by atoms with van der Waals surface area (Å²) in [5, 5.41) is 6.04. The van der Waals surface area contributed by atoms with Gasteiger partial charge in [-0.1, -0.05) is 35.5 Å². The first kappa shape index (κ1) is 23.8. The van der Waals surface area contributed by atoms with E-state index in [1.807, 2.05) is 48.6 Å². The predicted molar refractivity (Wildman–Crippen MR) is 127 cm³/mol. The highest BCUT2D eigenvalue weighted by Crippen LogP contribution is 2.29. The Hall–Kier alpha value is -3.33. The van der Waals surface area contributed by atoms with Gasteiger partial charge in [0.2, 0.25) is 0 Å². The molecule has 1 atom stereocenters. The predicted octanol–water partition coefficient (Wildman–Crippen LogP) is 5.67. The van der Waals surface area contributed by atoms with Gasteiger partial charge in [0.15, 0.2) is 6.10 Å². The molecule has 0 saturated carbocycles. The normalized spacial score (nSPS) is 15.6. The van der Waals surface area contributed by atoms with Gasteiger partial charge in [-0.3, -0.25) is 4.79 Å². The van der Waals surface area contributed by atoms with Crippen LogP contribution in [0.4, 0.5) is 18.9 Å². The van der Waals surface area contributed by atoms with Crippen molar-refractivity contribution in [2.45, 2.75) is 25.2 Å². The van der Waals surface area contributed by atoms with Crippen molar-refractivity contribution in [3.05, 3.63) is 87.6 Å². The minimum absolute atomic E-state index is 0.168. The fourth-order valence-electron chi connectivity index (χ4n) is 3.69. The van der Waals surface area contributed by atoms with Gasteiger partial charge in [0.05, 0.1) is 22.7 Å². The lowest BCUT2D eigenvalue weighted by Crippen LogP contribution is -2.37. The van der Waals surface area contributed by atoms with E-state index >= 15 is 0 Å². The van der Waals surface area contributed by atoms with Crippen LogP contribution >= 0.6 is 11.3 Å². The molecule has 0 N–H and O–H groups in total. The zero-order valence-corrected chi connectivity index (χ0v) is 19.6. The van der Waals surface area contributed by atoms with Crippen LogP contribution in [0, 0.1) is 0 Å². The monoisotopic (exact) mass is 487 g/mol. The largest absolute Gasteiger partial charge is 0.416 e. The lowest BCUT2D eigenvalue weighted by molar-refractivity contribution is -0.137. The molecule has 178 valence electrons. The number of hydrogen-bond donors (Lipinski definition) is 0. The Balaban J connectivity index is 1.46. The fraction of sp³-hybridized carbons (Fsp3) is 0.280. The van der Waals surface area contributed by atoms with E-state index in [9.17, 15) is 18.0 Å². The molecule has 0 spiro atoms. The van der Waals surface area contributed by atoms with Crippen LogP contribution in [0.25, 0.3) is 0 Å². The quantitative estimate of drug-likeness (QED) is 0.432. The molecule has 0 saturated heterocycles. The van der Waals surface area contributed by atoms with Crippen molar-refractivity contribution in [3.8, 4) is 0 Å². The van der Waals surface area contributed by atoms with E-state index in [2.05, 4.69) is 5.16 Å². The Bertz CT molecular complexity index is 1140. The highest BCUT2D eigenvalue weighted by atomic mass is 32.1. The summed E-state index contributed by atoms with van der Waals surface area (Å²) >= 11 is 1.32. The van der Waals surface area contributed by atoms with E-state index in [1.54, 1.807) is 17.0 Å². The minimum Gasteiger partial charge on any atom is -0.390 e. The van der Waals surface area contributed by atoms with Gasteiger partial charge in [0, 0.05) is 32.7 Å². The van der Waals surface area contributed by atoms with Crippen molar-refractivity contribution in [1.82, 2.24) is 4.90 Å². The third-order valence-electron chi connectivity index (χ3n) is 5.55. The molecule has 0 radical (unpaired) electrons. The molecule has 4 rings (SSSR count). The fourth-order valence-corrected chi connectivity index (χ4v) is 4.38. The second-order valence-electron chi connectivity index (χ2n) is 8.27. The molecule has 0 aliphatic carbocycles. The van der Waals surface area contributed by atoms with Gasteiger partial charge < -0.3 is 14.6 Å². The zero-order chi connectivity index (χ0) is 24.3. The van der Waals surface area contributed by atoms with Crippen LogP contribution in [0.15, 0.2) is 71.2 Å². The number of benzene rings is 2. The second-order valence-corrected chi connectivity index (χ2v) is 9.22. The molecule has 34 heavy (non-hydrogen) atoms. The lowest BCUT2D eigenvalue weighted by atomic mass is 10.0. The molecule has 0 unspecified atom stereocenters. The first-order valence-corrected chi connectivity index (χ1v) is 11.6. The number of rotatable bonds is 7. The third kappa shape index (κ3) is 5.59. The lowest BCUT2D eigenvalue weighted by Gasteiger charge is -2.24. The third-order valence-corrected chi connectivity index (χ3v) is 6.41. The van der Waals surface area contributed by atoms with Crippen LogP contribution in [0.1, 0.15) is 32.8 Å². The van der Waals surface area contributed by atoms with Gasteiger partial charge in [-0.2, -0.15) is 13.2 Å². The van der Waals surface area contributed by atoms with E-state index < -0.39 is 11.7 Å². The Kier molecular flexibility index (Phi) is 6.92. The molecule has 1 aliphatic heterocycles. The molecule has 0 fully saturated rings. The number of thiophene rings is 1. The van der Waals surface area contributed by atoms with Crippen LogP contribution in [0.2, 0.25) is 0 Å². The summed E-state index contributed by atoms with van der Waals surface area (Å²) in [6, 6.07) is 16.4. The van der Waals surface area contributed by atoms with Crippen LogP contribution in [-0.4, -0.2) is 43.3 Å². The Morgan fingerprint density at radius 2 is 1.79 bits per heavy atom. The number of oxime groups is 1. The highest BCUT2D eigenvalue weighted by Gasteiger charge is 2.31. The summed E-state index contributed by atoms with van der Waals surface area (Å²) in [5.74, 6) is -0.192. The standard InChI is InChI=1S/C25H24F3N3O2S/c1-30(2)20-11-7-18(8-12-20)22-14-21(33-29-22)16-31(24(32)23-4-3-13-34-23)15-17-5-9-19(10-6-17)25(26,27)28/h3-13,21H,14-16H2,1-2H3/t21-/m1/s1. The van der Waals surface area contributed by atoms with Crippen molar-refractivity contribution in [2.75, 3.05) is 25.5 Å². The van der Waals surface area contributed by atoms with Crippen LogP contribution in [-0.2, 0) is 17.6 Å². The van der Waals surface area contributed by atoms with Crippen LogP contribution in [0.3, 0.4) is 0 Å². The minimum atomic E-state index is -4.40. The van der Waals surface area contributed by atoms with Gasteiger partial charge in [0.1, 0.15) is 0 Å². The van der Waals surface area contributed by atoms with Gasteiger partial charge in [-0.15, -0.1) is 11.3 Å². The van der Waals surface area contributed by atoms with Gasteiger partial charge in [-0.05, 0) is 46.8 Å². The summed E-state index contributed by atoms with van der Waals surface area (Å²) in [5.41, 5.74) is 2.71. The van der Waals surface area contributed by atoms with Crippen molar-refractivity contribution < 1.29 is 22.8 Å². The summed E-state index contributed by atoms with van der Waals surface area (Å²) in [6.45, 7) is 0.433. The summed E-state index contributed by atoms with van der Waals surface area (Å²) in [4.78, 5) is 22.9. The topological polar surface area (TPSA) is 45.1 Å². The van der Waals surface area contributed by atoms with E-state index in [-0.39, 0.29) is 25.1 Å². The first-order valence-electron chi connectivity index (χ1n) is 10.7. The number of amides is 1. The first-order chi connectivity index (χ1) is 16.2.